The average molecular weight is 358 g/mol. The topological polar surface area (TPSA) is 71.3 Å². The van der Waals surface area contributed by atoms with Gasteiger partial charge in [-0.05, 0) is 56.2 Å². The molecule has 0 heterocycles. The monoisotopic (exact) mass is 358 g/mol. The number of ether oxygens (including phenoxy) is 2. The van der Waals surface area contributed by atoms with Crippen molar-refractivity contribution in [3.8, 4) is 11.8 Å². The molecule has 1 saturated carbocycles. The molecule has 0 spiro atoms. The van der Waals surface area contributed by atoms with Crippen LogP contribution >= 0.6 is 0 Å². The van der Waals surface area contributed by atoms with E-state index in [0.29, 0.717) is 36.1 Å². The maximum atomic E-state index is 13.0. The molecule has 1 fully saturated rings. The molecule has 2 atom stereocenters. The summed E-state index contributed by atoms with van der Waals surface area (Å²) in [6.45, 7) is 7.37. The van der Waals surface area contributed by atoms with Gasteiger partial charge in [-0.2, -0.15) is 5.26 Å². The highest BCUT2D eigenvalue weighted by Gasteiger charge is 2.42. The molecule has 26 heavy (non-hydrogen) atoms. The van der Waals surface area contributed by atoms with Crippen molar-refractivity contribution in [1.82, 2.24) is 0 Å². The van der Waals surface area contributed by atoms with Crippen LogP contribution in [0.4, 0.5) is 5.69 Å². The first-order valence-electron chi connectivity index (χ1n) is 9.67. The third-order valence-electron chi connectivity index (χ3n) is 4.77. The summed E-state index contributed by atoms with van der Waals surface area (Å²) in [5, 5.41) is 12.3. The van der Waals surface area contributed by atoms with Gasteiger partial charge >= 0.3 is 0 Å². The molecule has 5 heteroatoms. The van der Waals surface area contributed by atoms with Crippen LogP contribution in [0.2, 0.25) is 0 Å². The molecule has 2 rings (SSSR count). The van der Waals surface area contributed by atoms with Crippen molar-refractivity contribution in [2.75, 3.05) is 18.5 Å². The molecule has 0 bridgehead atoms. The third-order valence-corrected chi connectivity index (χ3v) is 4.77. The Balaban J connectivity index is 2.16. The molecule has 0 saturated heterocycles. The number of nitrogens with one attached hydrogen (secondary N) is 1. The van der Waals surface area contributed by atoms with Gasteiger partial charge < -0.3 is 14.8 Å². The van der Waals surface area contributed by atoms with Crippen LogP contribution in [0, 0.1) is 17.2 Å². The number of nitriles is 1. The predicted molar refractivity (Wildman–Crippen MR) is 102 cm³/mol. The Morgan fingerprint density at radius 2 is 2.12 bits per heavy atom. The van der Waals surface area contributed by atoms with Gasteiger partial charge in [-0.15, -0.1) is 0 Å². The van der Waals surface area contributed by atoms with Crippen LogP contribution in [-0.4, -0.2) is 24.7 Å². The van der Waals surface area contributed by atoms with Crippen LogP contribution in [0.1, 0.15) is 64.9 Å². The maximum Gasteiger partial charge on any atom is 0.256 e. The van der Waals surface area contributed by atoms with Crippen molar-refractivity contribution >= 4 is 11.6 Å². The molecule has 1 aromatic rings. The lowest BCUT2D eigenvalue weighted by atomic mass is 9.78. The first kappa shape index (κ1) is 20.3. The van der Waals surface area contributed by atoms with Crippen LogP contribution in [0.3, 0.4) is 0 Å². The lowest BCUT2D eigenvalue weighted by Gasteiger charge is -2.38. The fourth-order valence-electron chi connectivity index (χ4n) is 3.48. The van der Waals surface area contributed by atoms with E-state index in [9.17, 15) is 10.1 Å². The fraction of sp³-hybridized carbons (Fsp3) is 0.619. The molecule has 0 radical (unpaired) electrons. The minimum absolute atomic E-state index is 0.108. The van der Waals surface area contributed by atoms with Crippen molar-refractivity contribution in [3.63, 3.8) is 0 Å². The fourth-order valence-corrected chi connectivity index (χ4v) is 3.48. The number of rotatable bonds is 8. The Morgan fingerprint density at radius 3 is 2.77 bits per heavy atom. The molecule has 0 aliphatic heterocycles. The van der Waals surface area contributed by atoms with Crippen LogP contribution in [-0.2, 0) is 9.53 Å². The minimum Gasteiger partial charge on any atom is -0.492 e. The van der Waals surface area contributed by atoms with Gasteiger partial charge in [-0.3, -0.25) is 4.79 Å². The summed E-state index contributed by atoms with van der Waals surface area (Å²) in [5.41, 5.74) is 0.266. The molecule has 1 amide bonds. The third kappa shape index (κ3) is 4.98. The first-order chi connectivity index (χ1) is 12.5. The Labute approximate surface area is 156 Å². The van der Waals surface area contributed by atoms with Gasteiger partial charge in [0.15, 0.2) is 0 Å². The zero-order valence-corrected chi connectivity index (χ0v) is 16.1. The quantitative estimate of drug-likeness (QED) is 0.733. The molecule has 1 aromatic carbocycles. The van der Waals surface area contributed by atoms with E-state index in [1.807, 2.05) is 13.8 Å². The highest BCUT2D eigenvalue weighted by Crippen LogP contribution is 2.36. The predicted octanol–water partition coefficient (Wildman–Crippen LogP) is 4.66. The Hall–Kier alpha value is -2.06. The maximum absolute atomic E-state index is 13.0. The normalized spacial score (nSPS) is 22.5. The van der Waals surface area contributed by atoms with Crippen molar-refractivity contribution in [2.24, 2.45) is 5.92 Å². The number of anilines is 1. The zero-order valence-electron chi connectivity index (χ0n) is 16.1. The summed E-state index contributed by atoms with van der Waals surface area (Å²) in [6.07, 6.45) is 5.36. The summed E-state index contributed by atoms with van der Waals surface area (Å²) in [5.74, 6) is 0.907. The highest BCUT2D eigenvalue weighted by molar-refractivity contribution is 5.97. The van der Waals surface area contributed by atoms with E-state index in [2.05, 4.69) is 18.3 Å². The van der Waals surface area contributed by atoms with Crippen molar-refractivity contribution < 1.29 is 14.3 Å². The number of nitrogens with zero attached hydrogens (tertiary/aromatic N) is 1. The van der Waals surface area contributed by atoms with E-state index in [0.717, 1.165) is 38.5 Å². The number of carbonyl (C=O) groups is 1. The van der Waals surface area contributed by atoms with Gasteiger partial charge in [0.2, 0.25) is 0 Å². The number of benzene rings is 1. The molecule has 1 aliphatic rings. The van der Waals surface area contributed by atoms with E-state index in [1.54, 1.807) is 18.2 Å². The molecule has 0 aromatic heterocycles. The summed E-state index contributed by atoms with van der Waals surface area (Å²) in [6, 6.07) is 7.33. The number of hydrogen-bond acceptors (Lipinski definition) is 4. The van der Waals surface area contributed by atoms with Crippen LogP contribution < -0.4 is 10.1 Å². The van der Waals surface area contributed by atoms with Gasteiger partial charge in [-0.25, -0.2) is 0 Å². The van der Waals surface area contributed by atoms with E-state index < -0.39 is 5.60 Å². The standard InChI is InChI=1S/C21H30N2O3/c1-4-11-25-19-9-8-18(13-17(19)15-22)23-20(24)21(26-12-5-2)10-6-7-16(3)14-21/h8-9,13,16H,4-7,10-12,14H2,1-3H3,(H,23,24)/t16-,21-/m0/s1. The summed E-state index contributed by atoms with van der Waals surface area (Å²) >= 11 is 0. The number of hydrogen-bond donors (Lipinski definition) is 1. The summed E-state index contributed by atoms with van der Waals surface area (Å²) in [7, 11) is 0. The smallest absolute Gasteiger partial charge is 0.256 e. The Bertz CT molecular complexity index is 653. The molecule has 1 aliphatic carbocycles. The molecular weight excluding hydrogens is 328 g/mol. The van der Waals surface area contributed by atoms with Gasteiger partial charge in [0, 0.05) is 12.3 Å². The minimum atomic E-state index is -0.766. The van der Waals surface area contributed by atoms with E-state index >= 15 is 0 Å². The molecule has 142 valence electrons. The van der Waals surface area contributed by atoms with Crippen LogP contribution in [0.5, 0.6) is 5.75 Å². The first-order valence-corrected chi connectivity index (χ1v) is 9.67. The Morgan fingerprint density at radius 1 is 1.35 bits per heavy atom. The lowest BCUT2D eigenvalue weighted by molar-refractivity contribution is -0.148. The van der Waals surface area contributed by atoms with Crippen LogP contribution in [0.25, 0.3) is 0 Å². The van der Waals surface area contributed by atoms with Crippen molar-refractivity contribution in [3.05, 3.63) is 23.8 Å². The largest absolute Gasteiger partial charge is 0.492 e. The van der Waals surface area contributed by atoms with Gasteiger partial charge in [0.1, 0.15) is 17.4 Å². The van der Waals surface area contributed by atoms with Gasteiger partial charge in [-0.1, -0.05) is 27.2 Å². The zero-order chi connectivity index (χ0) is 19.0. The van der Waals surface area contributed by atoms with E-state index in [-0.39, 0.29) is 5.91 Å². The summed E-state index contributed by atoms with van der Waals surface area (Å²) in [4.78, 5) is 13.0. The Kier molecular flexibility index (Phi) is 7.47. The summed E-state index contributed by atoms with van der Waals surface area (Å²) < 4.78 is 11.6. The number of amides is 1. The highest BCUT2D eigenvalue weighted by atomic mass is 16.5. The SMILES string of the molecule is CCCOc1ccc(NC(=O)[C@]2(OCCC)CCC[C@H](C)C2)cc1C#N. The molecule has 0 unspecified atom stereocenters. The molecular formula is C21H30N2O3. The second-order valence-corrected chi connectivity index (χ2v) is 7.17. The van der Waals surface area contributed by atoms with E-state index in [1.165, 1.54) is 0 Å². The van der Waals surface area contributed by atoms with Crippen molar-refractivity contribution in [2.45, 2.75) is 64.9 Å². The van der Waals surface area contributed by atoms with Crippen molar-refractivity contribution in [1.29, 1.82) is 5.26 Å². The molecule has 5 nitrogen and oxygen atoms in total. The van der Waals surface area contributed by atoms with Gasteiger partial charge in [0.05, 0.1) is 12.2 Å². The van der Waals surface area contributed by atoms with E-state index in [4.69, 9.17) is 9.47 Å². The second-order valence-electron chi connectivity index (χ2n) is 7.17. The van der Waals surface area contributed by atoms with Gasteiger partial charge in [0.25, 0.3) is 5.91 Å². The average Bonchev–Trinajstić information content (AvgIpc) is 2.65. The lowest BCUT2D eigenvalue weighted by Crippen LogP contribution is -2.48. The molecule has 1 N–H and O–H groups in total. The second kappa shape index (κ2) is 9.59. The van der Waals surface area contributed by atoms with Crippen LogP contribution in [0.15, 0.2) is 18.2 Å². The number of carbonyl (C=O) groups excluding carboxylic acids is 1.